The lowest BCUT2D eigenvalue weighted by Crippen LogP contribution is -2.44. The molecule has 2 aliphatic rings. The Hall–Kier alpha value is -2.13. The first kappa shape index (κ1) is 20.2. The van der Waals surface area contributed by atoms with E-state index in [4.69, 9.17) is 14.6 Å². The molecule has 1 aromatic carbocycles. The molecule has 1 N–H and O–H groups in total. The maximum atomic E-state index is 12.6. The van der Waals surface area contributed by atoms with Gasteiger partial charge in [-0.3, -0.25) is 14.5 Å². The Kier molecular flexibility index (Phi) is 6.60. The van der Waals surface area contributed by atoms with Crippen molar-refractivity contribution in [2.75, 3.05) is 39.9 Å². The van der Waals surface area contributed by atoms with Crippen LogP contribution in [0.5, 0.6) is 0 Å². The van der Waals surface area contributed by atoms with Gasteiger partial charge in [0.15, 0.2) is 0 Å². The van der Waals surface area contributed by atoms with Crippen molar-refractivity contribution < 1.29 is 32.6 Å². The number of carbonyl (C=O) groups excluding carboxylic acids is 1. The number of carbonyl (C=O) groups is 2. The van der Waals surface area contributed by atoms with E-state index in [0.29, 0.717) is 31.9 Å². The number of benzene rings is 1. The largest absolute Gasteiger partial charge is 0.483 e. The standard InChI is InChI=1S/C16H19F3N2O2.CH2O2/c1-20-6-11-7-21(8-14(20)10-23-9-11)15(22)12-2-4-13(5-3-12)16(17,18)19;2-1-3/h2-5,11,14H,6-10H2,1H3;1H,(H,2,3)/t11-,14+;/m1./s1. The zero-order valence-electron chi connectivity index (χ0n) is 14.3. The lowest BCUT2D eigenvalue weighted by Gasteiger charge is -2.29. The second-order valence-corrected chi connectivity index (χ2v) is 6.39. The molecule has 144 valence electrons. The minimum Gasteiger partial charge on any atom is -0.483 e. The number of rotatable bonds is 1. The van der Waals surface area contributed by atoms with Crippen LogP contribution in [0.3, 0.4) is 0 Å². The van der Waals surface area contributed by atoms with Crippen molar-refractivity contribution in [2.24, 2.45) is 5.92 Å². The predicted octanol–water partition coefficient (Wildman–Crippen LogP) is 1.81. The van der Waals surface area contributed by atoms with E-state index in [1.165, 1.54) is 12.1 Å². The topological polar surface area (TPSA) is 70.1 Å². The molecule has 2 fully saturated rings. The summed E-state index contributed by atoms with van der Waals surface area (Å²) in [4.78, 5) is 24.9. The van der Waals surface area contributed by atoms with E-state index < -0.39 is 11.7 Å². The van der Waals surface area contributed by atoms with Gasteiger partial charge in [0.1, 0.15) is 0 Å². The van der Waals surface area contributed by atoms with E-state index in [2.05, 4.69) is 4.90 Å². The molecule has 9 heteroatoms. The molecular weight excluding hydrogens is 353 g/mol. The van der Waals surface area contributed by atoms with Crippen LogP contribution in [0.15, 0.2) is 24.3 Å². The summed E-state index contributed by atoms with van der Waals surface area (Å²) in [6.07, 6.45) is -4.39. The summed E-state index contributed by atoms with van der Waals surface area (Å²) >= 11 is 0. The molecule has 0 aliphatic carbocycles. The molecular formula is C17H21F3N2O4. The van der Waals surface area contributed by atoms with E-state index in [-0.39, 0.29) is 24.3 Å². The van der Waals surface area contributed by atoms with Gasteiger partial charge < -0.3 is 14.7 Å². The van der Waals surface area contributed by atoms with Crippen molar-refractivity contribution >= 4 is 12.4 Å². The Labute approximate surface area is 149 Å². The summed E-state index contributed by atoms with van der Waals surface area (Å²) in [5.74, 6) is 0.0109. The highest BCUT2D eigenvalue weighted by Crippen LogP contribution is 2.29. The highest BCUT2D eigenvalue weighted by molar-refractivity contribution is 5.94. The fourth-order valence-electron chi connectivity index (χ4n) is 3.20. The molecule has 1 aromatic rings. The number of nitrogens with zero attached hydrogens (tertiary/aromatic N) is 2. The zero-order chi connectivity index (χ0) is 19.3. The number of alkyl halides is 3. The fraction of sp³-hybridized carbons (Fsp3) is 0.529. The second-order valence-electron chi connectivity index (χ2n) is 6.39. The summed E-state index contributed by atoms with van der Waals surface area (Å²) in [7, 11) is 2.01. The third-order valence-corrected chi connectivity index (χ3v) is 4.49. The number of likely N-dealkylation sites (N-methyl/N-ethyl adjacent to an activating group) is 1. The molecule has 0 saturated carbocycles. The lowest BCUT2D eigenvalue weighted by atomic mass is 10.1. The molecule has 0 unspecified atom stereocenters. The monoisotopic (exact) mass is 374 g/mol. The maximum absolute atomic E-state index is 12.6. The Balaban J connectivity index is 0.000000758. The van der Waals surface area contributed by atoms with Crippen LogP contribution in [-0.4, -0.2) is 73.2 Å². The number of halogens is 3. The van der Waals surface area contributed by atoms with Gasteiger partial charge in [0, 0.05) is 31.1 Å². The van der Waals surface area contributed by atoms with E-state index in [0.717, 1.165) is 18.7 Å². The van der Waals surface area contributed by atoms with Gasteiger partial charge in [0.05, 0.1) is 24.8 Å². The van der Waals surface area contributed by atoms with Gasteiger partial charge in [-0.1, -0.05) is 0 Å². The van der Waals surface area contributed by atoms with Gasteiger partial charge >= 0.3 is 6.18 Å². The smallest absolute Gasteiger partial charge is 0.416 e. The molecule has 1 amide bonds. The van der Waals surface area contributed by atoms with Crippen LogP contribution in [-0.2, 0) is 15.7 Å². The number of amides is 1. The first-order chi connectivity index (χ1) is 12.3. The van der Waals surface area contributed by atoms with E-state index >= 15 is 0 Å². The molecule has 2 saturated heterocycles. The molecule has 2 atom stereocenters. The maximum Gasteiger partial charge on any atom is 0.416 e. The summed E-state index contributed by atoms with van der Waals surface area (Å²) in [6.45, 7) is 2.90. The second kappa shape index (κ2) is 8.50. The SMILES string of the molecule is CN1C[C@H]2COC[C@@H]1CN(C(=O)c1ccc(C(F)(F)F)cc1)C2.O=CO. The number of hydrogen-bond donors (Lipinski definition) is 1. The van der Waals surface area contributed by atoms with E-state index in [9.17, 15) is 18.0 Å². The molecule has 3 rings (SSSR count). The Morgan fingerprint density at radius 3 is 2.38 bits per heavy atom. The van der Waals surface area contributed by atoms with Gasteiger partial charge in [-0.25, -0.2) is 0 Å². The van der Waals surface area contributed by atoms with Gasteiger partial charge in [-0.15, -0.1) is 0 Å². The third kappa shape index (κ3) is 4.95. The third-order valence-electron chi connectivity index (χ3n) is 4.49. The molecule has 2 bridgehead atoms. The van der Waals surface area contributed by atoms with E-state index in [1.807, 2.05) is 7.05 Å². The number of fused-ring (bicyclic) bond motifs is 3. The summed E-state index contributed by atoms with van der Waals surface area (Å²) in [5, 5.41) is 6.89. The van der Waals surface area contributed by atoms with Crippen molar-refractivity contribution in [3.8, 4) is 0 Å². The molecule has 26 heavy (non-hydrogen) atoms. The number of ether oxygens (including phenoxy) is 1. The number of carboxylic acid groups (broad SMARTS) is 1. The van der Waals surface area contributed by atoms with Crippen LogP contribution in [0, 0.1) is 5.92 Å². The van der Waals surface area contributed by atoms with Crippen molar-refractivity contribution in [3.63, 3.8) is 0 Å². The minimum atomic E-state index is -4.39. The zero-order valence-corrected chi connectivity index (χ0v) is 14.3. The van der Waals surface area contributed by atoms with Gasteiger partial charge in [-0.05, 0) is 31.3 Å². The first-order valence-corrected chi connectivity index (χ1v) is 8.08. The predicted molar refractivity (Wildman–Crippen MR) is 86.8 cm³/mol. The van der Waals surface area contributed by atoms with Crippen LogP contribution in [0.2, 0.25) is 0 Å². The normalized spacial score (nSPS) is 23.5. The van der Waals surface area contributed by atoms with Gasteiger partial charge in [0.2, 0.25) is 0 Å². The van der Waals surface area contributed by atoms with Crippen LogP contribution in [0.1, 0.15) is 15.9 Å². The molecule has 0 radical (unpaired) electrons. The first-order valence-electron chi connectivity index (χ1n) is 8.08. The molecule has 6 nitrogen and oxygen atoms in total. The highest BCUT2D eigenvalue weighted by Gasteiger charge is 2.34. The van der Waals surface area contributed by atoms with Gasteiger partial charge in [-0.2, -0.15) is 13.2 Å². The van der Waals surface area contributed by atoms with Crippen molar-refractivity contribution in [2.45, 2.75) is 12.2 Å². The van der Waals surface area contributed by atoms with Crippen molar-refractivity contribution in [3.05, 3.63) is 35.4 Å². The van der Waals surface area contributed by atoms with E-state index in [1.54, 1.807) is 4.90 Å². The van der Waals surface area contributed by atoms with Crippen LogP contribution < -0.4 is 0 Å². The molecule has 0 aromatic heterocycles. The highest BCUT2D eigenvalue weighted by atomic mass is 19.4. The molecule has 0 spiro atoms. The van der Waals surface area contributed by atoms with Gasteiger partial charge in [0.25, 0.3) is 12.4 Å². The fourth-order valence-corrected chi connectivity index (χ4v) is 3.20. The lowest BCUT2D eigenvalue weighted by molar-refractivity contribution is -0.137. The molecule has 2 heterocycles. The number of hydrogen-bond acceptors (Lipinski definition) is 4. The average molecular weight is 374 g/mol. The average Bonchev–Trinajstić information content (AvgIpc) is 2.83. The summed E-state index contributed by atoms with van der Waals surface area (Å²) < 4.78 is 43.5. The minimum absolute atomic E-state index is 0.126. The van der Waals surface area contributed by atoms with Crippen molar-refractivity contribution in [1.29, 1.82) is 0 Å². The van der Waals surface area contributed by atoms with Crippen LogP contribution >= 0.6 is 0 Å². The molecule has 2 aliphatic heterocycles. The Morgan fingerprint density at radius 1 is 1.19 bits per heavy atom. The van der Waals surface area contributed by atoms with Crippen LogP contribution in [0.4, 0.5) is 13.2 Å². The van der Waals surface area contributed by atoms with Crippen LogP contribution in [0.25, 0.3) is 0 Å². The Morgan fingerprint density at radius 2 is 1.81 bits per heavy atom. The summed E-state index contributed by atoms with van der Waals surface area (Å²) in [6, 6.07) is 4.56. The Bertz CT molecular complexity index is 621. The summed E-state index contributed by atoms with van der Waals surface area (Å²) in [5.41, 5.74) is -0.448. The quantitative estimate of drug-likeness (QED) is 0.760. The van der Waals surface area contributed by atoms with Crippen molar-refractivity contribution in [1.82, 2.24) is 9.80 Å².